The van der Waals surface area contributed by atoms with Crippen LogP contribution >= 0.6 is 24.0 Å². The third kappa shape index (κ3) is 5.84. The highest BCUT2D eigenvalue weighted by Gasteiger charge is 2.07. The number of nitrogens with zero attached hydrogens (tertiary/aromatic N) is 1. The molecule has 128 valence electrons. The maximum Gasteiger partial charge on any atom is 0.248 e. The predicted octanol–water partition coefficient (Wildman–Crippen LogP) is 2.83. The minimum Gasteiger partial charge on any atom is -0.366 e. The summed E-state index contributed by atoms with van der Waals surface area (Å²) in [7, 11) is 1.74. The van der Waals surface area contributed by atoms with Crippen molar-refractivity contribution in [1.82, 2.24) is 10.6 Å². The molecule has 0 heterocycles. The molecule has 0 aromatic heterocycles. The Morgan fingerprint density at radius 2 is 1.75 bits per heavy atom. The van der Waals surface area contributed by atoms with Crippen molar-refractivity contribution in [3.05, 3.63) is 71.3 Å². The highest BCUT2D eigenvalue weighted by molar-refractivity contribution is 14.0. The van der Waals surface area contributed by atoms with Gasteiger partial charge in [-0.1, -0.05) is 42.5 Å². The smallest absolute Gasteiger partial charge is 0.248 e. The van der Waals surface area contributed by atoms with Gasteiger partial charge in [0, 0.05) is 19.2 Å². The Hall–Kier alpha value is -2.09. The molecule has 0 bridgehead atoms. The number of nitrogens with two attached hydrogens (primary N) is 1. The molecule has 5 nitrogen and oxygen atoms in total. The lowest BCUT2D eigenvalue weighted by Crippen LogP contribution is -2.38. The number of nitrogens with one attached hydrogen (secondary N) is 2. The molecule has 24 heavy (non-hydrogen) atoms. The Bertz CT molecular complexity index is 671. The number of halogens is 1. The number of carbonyl (C=O) groups is 1. The number of primary amides is 1. The zero-order valence-corrected chi connectivity index (χ0v) is 16.2. The van der Waals surface area contributed by atoms with E-state index in [2.05, 4.69) is 34.7 Å². The van der Waals surface area contributed by atoms with Crippen LogP contribution in [0.5, 0.6) is 0 Å². The molecule has 0 saturated carbocycles. The largest absolute Gasteiger partial charge is 0.366 e. The summed E-state index contributed by atoms with van der Waals surface area (Å²) in [6, 6.07) is 17.5. The molecule has 0 fully saturated rings. The molecule has 2 aromatic rings. The summed E-state index contributed by atoms with van der Waals surface area (Å²) in [4.78, 5) is 15.3. The number of guanidine groups is 1. The second kappa shape index (κ2) is 9.92. The van der Waals surface area contributed by atoms with Gasteiger partial charge in [-0.15, -0.1) is 24.0 Å². The van der Waals surface area contributed by atoms with Crippen LogP contribution in [0.15, 0.2) is 59.6 Å². The third-order valence-corrected chi connectivity index (χ3v) is 3.57. The van der Waals surface area contributed by atoms with Gasteiger partial charge in [0.05, 0.1) is 6.04 Å². The van der Waals surface area contributed by atoms with Crippen LogP contribution in [0.1, 0.15) is 34.5 Å². The monoisotopic (exact) mass is 438 g/mol. The maximum absolute atomic E-state index is 11.1. The van der Waals surface area contributed by atoms with Crippen LogP contribution in [0.25, 0.3) is 0 Å². The van der Waals surface area contributed by atoms with Crippen LogP contribution in [0, 0.1) is 0 Å². The lowest BCUT2D eigenvalue weighted by molar-refractivity contribution is 0.100. The second-order valence-electron chi connectivity index (χ2n) is 5.26. The van der Waals surface area contributed by atoms with Gasteiger partial charge in [-0.2, -0.15) is 0 Å². The van der Waals surface area contributed by atoms with Crippen molar-refractivity contribution < 1.29 is 4.79 Å². The molecule has 0 aliphatic carbocycles. The van der Waals surface area contributed by atoms with Gasteiger partial charge in [-0.05, 0) is 30.2 Å². The normalized spacial score (nSPS) is 12.0. The standard InChI is InChI=1S/C18H22N4O.HI/c1-13(15-6-4-3-5-7-15)22-18(20-2)21-12-14-8-10-16(11-9-14)17(19)23;/h3-11,13H,12H2,1-2H3,(H2,19,23)(H2,20,21,22);1H. The van der Waals surface area contributed by atoms with Crippen LogP contribution < -0.4 is 16.4 Å². The SMILES string of the molecule is CN=C(NCc1ccc(C(N)=O)cc1)NC(C)c1ccccc1.I. The van der Waals surface area contributed by atoms with E-state index < -0.39 is 5.91 Å². The van der Waals surface area contributed by atoms with E-state index in [1.807, 2.05) is 30.3 Å². The summed E-state index contributed by atoms with van der Waals surface area (Å²) in [5.74, 6) is 0.305. The fourth-order valence-corrected chi connectivity index (χ4v) is 2.20. The Kier molecular flexibility index (Phi) is 8.25. The molecule has 0 aliphatic heterocycles. The van der Waals surface area contributed by atoms with E-state index in [0.29, 0.717) is 12.1 Å². The number of rotatable bonds is 5. The number of carbonyl (C=O) groups excluding carboxylic acids is 1. The first-order chi connectivity index (χ1) is 11.1. The molecule has 1 amide bonds. The first kappa shape index (κ1) is 20.0. The zero-order chi connectivity index (χ0) is 16.7. The van der Waals surface area contributed by atoms with E-state index in [4.69, 9.17) is 5.73 Å². The van der Waals surface area contributed by atoms with Crippen LogP contribution in [0.2, 0.25) is 0 Å². The summed E-state index contributed by atoms with van der Waals surface area (Å²) in [5.41, 5.74) is 7.98. The van der Waals surface area contributed by atoms with Crippen molar-refractivity contribution in [2.24, 2.45) is 10.7 Å². The first-order valence-corrected chi connectivity index (χ1v) is 7.51. The summed E-state index contributed by atoms with van der Waals surface area (Å²) in [6.45, 7) is 2.70. The Morgan fingerprint density at radius 1 is 1.12 bits per heavy atom. The van der Waals surface area contributed by atoms with E-state index in [9.17, 15) is 4.79 Å². The predicted molar refractivity (Wildman–Crippen MR) is 109 cm³/mol. The van der Waals surface area contributed by atoms with Crippen LogP contribution in [0.3, 0.4) is 0 Å². The summed E-state index contributed by atoms with van der Waals surface area (Å²) < 4.78 is 0. The topological polar surface area (TPSA) is 79.5 Å². The molecule has 0 aliphatic rings. The van der Waals surface area contributed by atoms with Crippen molar-refractivity contribution in [2.75, 3.05) is 7.05 Å². The lowest BCUT2D eigenvalue weighted by atomic mass is 10.1. The van der Waals surface area contributed by atoms with Crippen molar-refractivity contribution in [3.8, 4) is 0 Å². The van der Waals surface area contributed by atoms with Crippen molar-refractivity contribution in [2.45, 2.75) is 19.5 Å². The van der Waals surface area contributed by atoms with Gasteiger partial charge in [0.1, 0.15) is 0 Å². The molecule has 2 rings (SSSR count). The summed E-state index contributed by atoms with van der Waals surface area (Å²) in [6.07, 6.45) is 0. The van der Waals surface area contributed by atoms with E-state index in [1.54, 1.807) is 19.2 Å². The zero-order valence-electron chi connectivity index (χ0n) is 13.8. The summed E-state index contributed by atoms with van der Waals surface area (Å²) >= 11 is 0. The average Bonchev–Trinajstić information content (AvgIpc) is 2.59. The van der Waals surface area contributed by atoms with Gasteiger partial charge < -0.3 is 16.4 Å². The quantitative estimate of drug-likeness (QED) is 0.382. The van der Waals surface area contributed by atoms with Crippen molar-refractivity contribution >= 4 is 35.8 Å². The molecule has 2 aromatic carbocycles. The lowest BCUT2D eigenvalue weighted by Gasteiger charge is -2.18. The van der Waals surface area contributed by atoms with Gasteiger partial charge in [0.2, 0.25) is 5.91 Å². The van der Waals surface area contributed by atoms with Gasteiger partial charge >= 0.3 is 0 Å². The van der Waals surface area contributed by atoms with Crippen molar-refractivity contribution in [1.29, 1.82) is 0 Å². The van der Waals surface area contributed by atoms with Gasteiger partial charge in [0.25, 0.3) is 0 Å². The fraction of sp³-hybridized carbons (Fsp3) is 0.222. The van der Waals surface area contributed by atoms with E-state index in [-0.39, 0.29) is 30.0 Å². The molecule has 0 spiro atoms. The van der Waals surface area contributed by atoms with Gasteiger partial charge in [-0.25, -0.2) is 0 Å². The Balaban J connectivity index is 0.00000288. The molecule has 4 N–H and O–H groups in total. The third-order valence-electron chi connectivity index (χ3n) is 3.57. The van der Waals surface area contributed by atoms with Gasteiger partial charge in [-0.3, -0.25) is 9.79 Å². The number of hydrogen-bond donors (Lipinski definition) is 3. The first-order valence-electron chi connectivity index (χ1n) is 7.51. The number of amides is 1. The van der Waals surface area contributed by atoms with Crippen molar-refractivity contribution in [3.63, 3.8) is 0 Å². The highest BCUT2D eigenvalue weighted by atomic mass is 127. The average molecular weight is 438 g/mol. The van der Waals surface area contributed by atoms with Crippen LogP contribution in [0.4, 0.5) is 0 Å². The molecular weight excluding hydrogens is 415 g/mol. The molecule has 1 unspecified atom stereocenters. The Morgan fingerprint density at radius 3 is 2.29 bits per heavy atom. The van der Waals surface area contributed by atoms with E-state index >= 15 is 0 Å². The molecular formula is C18H23IN4O. The van der Waals surface area contributed by atoms with Gasteiger partial charge in [0.15, 0.2) is 5.96 Å². The van der Waals surface area contributed by atoms with E-state index in [0.717, 1.165) is 11.5 Å². The number of benzene rings is 2. The molecule has 0 radical (unpaired) electrons. The molecule has 6 heteroatoms. The molecule has 1 atom stereocenters. The Labute approximate surface area is 159 Å². The number of hydrogen-bond acceptors (Lipinski definition) is 2. The maximum atomic E-state index is 11.1. The van der Waals surface area contributed by atoms with Crippen LogP contribution in [-0.2, 0) is 6.54 Å². The molecule has 0 saturated heterocycles. The van der Waals surface area contributed by atoms with Crippen LogP contribution in [-0.4, -0.2) is 18.9 Å². The minimum atomic E-state index is -0.418. The number of aliphatic imine (C=N–C) groups is 1. The fourth-order valence-electron chi connectivity index (χ4n) is 2.20. The minimum absolute atomic E-state index is 0. The summed E-state index contributed by atoms with van der Waals surface area (Å²) in [5, 5.41) is 6.61. The van der Waals surface area contributed by atoms with E-state index in [1.165, 1.54) is 5.56 Å². The highest BCUT2D eigenvalue weighted by Crippen LogP contribution is 2.10. The second-order valence-corrected chi connectivity index (χ2v) is 5.26.